The van der Waals surface area contributed by atoms with Gasteiger partial charge in [0, 0.05) is 11.1 Å². The van der Waals surface area contributed by atoms with E-state index < -0.39 is 0 Å². The standard InChI is InChI=1S/C12H28N2/c1-8-10(4)12(6,14-7)11(5,13)9(2)3/h9-10,14H,8,13H2,1-7H3. The third-order valence-corrected chi connectivity index (χ3v) is 4.44. The van der Waals surface area contributed by atoms with Gasteiger partial charge in [0.05, 0.1) is 0 Å². The van der Waals surface area contributed by atoms with Crippen LogP contribution in [-0.4, -0.2) is 18.1 Å². The van der Waals surface area contributed by atoms with Gasteiger partial charge in [-0.05, 0) is 32.7 Å². The van der Waals surface area contributed by atoms with E-state index in [0.717, 1.165) is 6.42 Å². The first-order valence-electron chi connectivity index (χ1n) is 5.71. The summed E-state index contributed by atoms with van der Waals surface area (Å²) in [5, 5.41) is 3.43. The van der Waals surface area contributed by atoms with E-state index in [1.807, 2.05) is 7.05 Å². The minimum atomic E-state index is -0.183. The van der Waals surface area contributed by atoms with Crippen molar-refractivity contribution in [2.75, 3.05) is 7.05 Å². The molecule has 0 aliphatic rings. The smallest absolute Gasteiger partial charge is 0.0356 e. The Kier molecular flexibility index (Phi) is 4.60. The van der Waals surface area contributed by atoms with Gasteiger partial charge in [-0.2, -0.15) is 0 Å². The lowest BCUT2D eigenvalue weighted by molar-refractivity contribution is 0.101. The molecule has 14 heavy (non-hydrogen) atoms. The van der Waals surface area contributed by atoms with Gasteiger partial charge < -0.3 is 11.1 Å². The Labute approximate surface area is 89.6 Å². The largest absolute Gasteiger partial charge is 0.324 e. The minimum Gasteiger partial charge on any atom is -0.324 e. The van der Waals surface area contributed by atoms with Crippen LogP contribution in [0.3, 0.4) is 0 Å². The molecule has 0 aromatic rings. The fourth-order valence-corrected chi connectivity index (χ4v) is 2.05. The van der Waals surface area contributed by atoms with Crippen LogP contribution in [0.2, 0.25) is 0 Å². The second kappa shape index (κ2) is 4.63. The van der Waals surface area contributed by atoms with Crippen LogP contribution in [0.25, 0.3) is 0 Å². The first-order chi connectivity index (χ1) is 6.24. The van der Waals surface area contributed by atoms with E-state index in [1.54, 1.807) is 0 Å². The predicted molar refractivity (Wildman–Crippen MR) is 64.4 cm³/mol. The maximum absolute atomic E-state index is 6.46. The maximum atomic E-state index is 6.46. The molecule has 0 amide bonds. The molecule has 86 valence electrons. The number of nitrogens with two attached hydrogens (primary N) is 1. The summed E-state index contributed by atoms with van der Waals surface area (Å²) in [7, 11) is 2.01. The van der Waals surface area contributed by atoms with Crippen molar-refractivity contribution in [3.05, 3.63) is 0 Å². The molecule has 3 atom stereocenters. The Morgan fingerprint density at radius 2 is 1.64 bits per heavy atom. The molecule has 2 nitrogen and oxygen atoms in total. The summed E-state index contributed by atoms with van der Waals surface area (Å²) in [5.74, 6) is 1.04. The normalized spacial score (nSPS) is 22.9. The van der Waals surface area contributed by atoms with E-state index in [0.29, 0.717) is 11.8 Å². The Balaban J connectivity index is 5.02. The topological polar surface area (TPSA) is 38.0 Å². The van der Waals surface area contributed by atoms with Crippen molar-refractivity contribution < 1.29 is 0 Å². The van der Waals surface area contributed by atoms with Gasteiger partial charge in [-0.25, -0.2) is 0 Å². The summed E-state index contributed by atoms with van der Waals surface area (Å²) in [4.78, 5) is 0. The molecule has 0 fully saturated rings. The zero-order valence-corrected chi connectivity index (χ0v) is 10.9. The van der Waals surface area contributed by atoms with E-state index in [9.17, 15) is 0 Å². The fraction of sp³-hybridized carbons (Fsp3) is 1.00. The molecule has 0 spiro atoms. The third-order valence-electron chi connectivity index (χ3n) is 4.44. The lowest BCUT2D eigenvalue weighted by Crippen LogP contribution is -2.69. The van der Waals surface area contributed by atoms with Crippen LogP contribution < -0.4 is 11.1 Å². The molecule has 0 saturated carbocycles. The number of hydrogen-bond acceptors (Lipinski definition) is 2. The molecule has 0 radical (unpaired) electrons. The zero-order chi connectivity index (χ0) is 11.6. The number of nitrogens with one attached hydrogen (secondary N) is 1. The second-order valence-electron chi connectivity index (χ2n) is 5.20. The van der Waals surface area contributed by atoms with Crippen LogP contribution in [0.1, 0.15) is 48.0 Å². The van der Waals surface area contributed by atoms with Crippen molar-refractivity contribution >= 4 is 0 Å². The zero-order valence-electron chi connectivity index (χ0n) is 10.9. The van der Waals surface area contributed by atoms with E-state index in [-0.39, 0.29) is 11.1 Å². The van der Waals surface area contributed by atoms with Gasteiger partial charge in [0.25, 0.3) is 0 Å². The second-order valence-corrected chi connectivity index (χ2v) is 5.20. The van der Waals surface area contributed by atoms with Gasteiger partial charge in [0.15, 0.2) is 0 Å². The summed E-state index contributed by atoms with van der Waals surface area (Å²) >= 11 is 0. The molecule has 2 heteroatoms. The van der Waals surface area contributed by atoms with Crippen molar-refractivity contribution in [1.82, 2.24) is 5.32 Å². The molecule has 3 N–H and O–H groups in total. The quantitative estimate of drug-likeness (QED) is 0.715. The molecular formula is C12H28N2. The monoisotopic (exact) mass is 200 g/mol. The highest BCUT2D eigenvalue weighted by Gasteiger charge is 2.45. The van der Waals surface area contributed by atoms with Gasteiger partial charge in [0.2, 0.25) is 0 Å². The minimum absolute atomic E-state index is 0.00405. The Hall–Kier alpha value is -0.0800. The van der Waals surface area contributed by atoms with Crippen LogP contribution in [-0.2, 0) is 0 Å². The van der Waals surface area contributed by atoms with E-state index in [2.05, 4.69) is 46.9 Å². The van der Waals surface area contributed by atoms with Crippen LogP contribution >= 0.6 is 0 Å². The lowest BCUT2D eigenvalue weighted by atomic mass is 9.66. The molecule has 0 aromatic heterocycles. The molecule has 0 heterocycles. The molecule has 0 aliphatic heterocycles. The van der Waals surface area contributed by atoms with E-state index >= 15 is 0 Å². The lowest BCUT2D eigenvalue weighted by Gasteiger charge is -2.50. The molecule has 3 unspecified atom stereocenters. The van der Waals surface area contributed by atoms with E-state index in [1.165, 1.54) is 0 Å². The van der Waals surface area contributed by atoms with Crippen molar-refractivity contribution in [2.45, 2.75) is 59.0 Å². The number of rotatable bonds is 5. The van der Waals surface area contributed by atoms with Crippen LogP contribution in [0, 0.1) is 11.8 Å². The molecule has 0 aliphatic carbocycles. The molecule has 0 rings (SSSR count). The average molecular weight is 200 g/mol. The van der Waals surface area contributed by atoms with E-state index in [4.69, 9.17) is 5.73 Å². The summed E-state index contributed by atoms with van der Waals surface area (Å²) in [5.41, 5.74) is 6.28. The first kappa shape index (κ1) is 13.9. The summed E-state index contributed by atoms with van der Waals surface area (Å²) < 4.78 is 0. The highest BCUT2D eigenvalue weighted by atomic mass is 15.0. The predicted octanol–water partition coefficient (Wildman–Crippen LogP) is 2.38. The molecule has 0 saturated heterocycles. The SMILES string of the molecule is CCC(C)C(C)(NC)C(C)(N)C(C)C. The molecular weight excluding hydrogens is 172 g/mol. The van der Waals surface area contributed by atoms with Gasteiger partial charge in [-0.15, -0.1) is 0 Å². The maximum Gasteiger partial charge on any atom is 0.0356 e. The van der Waals surface area contributed by atoms with Crippen molar-refractivity contribution in [2.24, 2.45) is 17.6 Å². The first-order valence-corrected chi connectivity index (χ1v) is 5.71. The van der Waals surface area contributed by atoms with Gasteiger partial charge in [0.1, 0.15) is 0 Å². The number of likely N-dealkylation sites (N-methyl/N-ethyl adjacent to an activating group) is 1. The van der Waals surface area contributed by atoms with Crippen molar-refractivity contribution in [3.63, 3.8) is 0 Å². The summed E-state index contributed by atoms with van der Waals surface area (Å²) in [6, 6.07) is 0. The van der Waals surface area contributed by atoms with Crippen LogP contribution in [0.4, 0.5) is 0 Å². The van der Waals surface area contributed by atoms with Crippen molar-refractivity contribution in [3.8, 4) is 0 Å². The summed E-state index contributed by atoms with van der Waals surface area (Å²) in [6.45, 7) is 13.3. The fourth-order valence-electron chi connectivity index (χ4n) is 2.05. The average Bonchev–Trinajstić information content (AvgIpc) is 2.14. The highest BCUT2D eigenvalue weighted by molar-refractivity contribution is 5.07. The van der Waals surface area contributed by atoms with Crippen molar-refractivity contribution in [1.29, 1.82) is 0 Å². The molecule has 0 bridgehead atoms. The summed E-state index contributed by atoms with van der Waals surface area (Å²) in [6.07, 6.45) is 1.15. The Morgan fingerprint density at radius 3 is 1.86 bits per heavy atom. The van der Waals surface area contributed by atoms with Crippen LogP contribution in [0.15, 0.2) is 0 Å². The van der Waals surface area contributed by atoms with Gasteiger partial charge >= 0.3 is 0 Å². The van der Waals surface area contributed by atoms with Gasteiger partial charge in [-0.3, -0.25) is 0 Å². The molecule has 0 aromatic carbocycles. The highest BCUT2D eigenvalue weighted by Crippen LogP contribution is 2.34. The van der Waals surface area contributed by atoms with Crippen LogP contribution in [0.5, 0.6) is 0 Å². The third kappa shape index (κ3) is 2.12. The Morgan fingerprint density at radius 1 is 1.21 bits per heavy atom. The van der Waals surface area contributed by atoms with Gasteiger partial charge in [-0.1, -0.05) is 34.1 Å². The number of hydrogen-bond donors (Lipinski definition) is 2. The Bertz CT molecular complexity index is 175.